The number of hydrogen-bond acceptors (Lipinski definition) is 6. The summed E-state index contributed by atoms with van der Waals surface area (Å²) in [5.74, 6) is 1.90. The molecule has 1 heterocycles. The average molecular weight is 414 g/mol. The molecule has 29 heavy (non-hydrogen) atoms. The molecule has 2 aromatic carbocycles. The minimum atomic E-state index is -3.28. The van der Waals surface area contributed by atoms with Crippen LogP contribution in [-0.4, -0.2) is 30.7 Å². The van der Waals surface area contributed by atoms with E-state index in [-0.39, 0.29) is 16.6 Å². The molecule has 0 spiro atoms. The summed E-state index contributed by atoms with van der Waals surface area (Å²) in [4.78, 5) is 19.1. The lowest BCUT2D eigenvalue weighted by atomic mass is 10.1. The number of aromatic nitrogens is 2. The molecule has 1 aromatic heterocycles. The van der Waals surface area contributed by atoms with E-state index in [4.69, 9.17) is 9.47 Å². The summed E-state index contributed by atoms with van der Waals surface area (Å²) in [6.45, 7) is 5.56. The van der Waals surface area contributed by atoms with Crippen molar-refractivity contribution in [2.75, 3.05) is 6.26 Å². The fourth-order valence-corrected chi connectivity index (χ4v) is 3.34. The Hall–Kier alpha value is -3.13. The summed E-state index contributed by atoms with van der Waals surface area (Å²) in [5.41, 5.74) is 0.978. The molecule has 3 aromatic rings. The number of nitrogens with one attached hydrogen (secondary N) is 1. The van der Waals surface area contributed by atoms with Gasteiger partial charge in [0, 0.05) is 29.6 Å². The van der Waals surface area contributed by atoms with Gasteiger partial charge in [-0.3, -0.25) is 4.79 Å². The van der Waals surface area contributed by atoms with Crippen LogP contribution in [0.3, 0.4) is 0 Å². The van der Waals surface area contributed by atoms with E-state index in [1.54, 1.807) is 37.3 Å². The van der Waals surface area contributed by atoms with E-state index in [2.05, 4.69) is 9.97 Å². The zero-order valence-corrected chi connectivity index (χ0v) is 17.4. The van der Waals surface area contributed by atoms with E-state index < -0.39 is 9.84 Å². The normalized spacial score (nSPS) is 11.5. The summed E-state index contributed by atoms with van der Waals surface area (Å²) >= 11 is 0. The van der Waals surface area contributed by atoms with Crippen molar-refractivity contribution in [2.45, 2.75) is 31.8 Å². The van der Waals surface area contributed by atoms with Crippen LogP contribution in [0.5, 0.6) is 17.2 Å². The van der Waals surface area contributed by atoms with E-state index in [1.807, 2.05) is 13.8 Å². The van der Waals surface area contributed by atoms with E-state index in [0.717, 1.165) is 6.26 Å². The number of ether oxygens (including phenoxy) is 2. The standard InChI is InChI=1S/C21H22N2O5S/c1-13(2)27-17-10-15(21-22-14(3)9-20(24)23-21)11-18(12-17)28-16-5-7-19(8-6-16)29(4,25)26/h5-13H,1-4H3,(H,22,23,24). The first-order valence-electron chi connectivity index (χ1n) is 8.98. The molecule has 0 aliphatic heterocycles. The Balaban J connectivity index is 2.00. The van der Waals surface area contributed by atoms with Crippen molar-refractivity contribution in [2.24, 2.45) is 0 Å². The lowest BCUT2D eigenvalue weighted by Gasteiger charge is -2.14. The van der Waals surface area contributed by atoms with Crippen molar-refractivity contribution in [1.29, 1.82) is 0 Å². The molecule has 3 rings (SSSR count). The molecule has 1 N–H and O–H groups in total. The number of rotatable bonds is 6. The highest BCUT2D eigenvalue weighted by atomic mass is 32.2. The Kier molecular flexibility index (Phi) is 5.74. The highest BCUT2D eigenvalue weighted by Crippen LogP contribution is 2.32. The number of benzene rings is 2. The van der Waals surface area contributed by atoms with Crippen LogP contribution in [0.25, 0.3) is 11.4 Å². The molecule has 0 aliphatic rings. The smallest absolute Gasteiger partial charge is 0.251 e. The maximum atomic E-state index is 11.8. The van der Waals surface area contributed by atoms with Gasteiger partial charge in [-0.25, -0.2) is 13.4 Å². The van der Waals surface area contributed by atoms with Crippen LogP contribution in [-0.2, 0) is 9.84 Å². The lowest BCUT2D eigenvalue weighted by Crippen LogP contribution is -2.09. The van der Waals surface area contributed by atoms with E-state index in [9.17, 15) is 13.2 Å². The third-order valence-corrected chi connectivity index (χ3v) is 5.01. The first kappa shape index (κ1) is 20.6. The fraction of sp³-hybridized carbons (Fsp3) is 0.238. The van der Waals surface area contributed by atoms with Crippen LogP contribution in [0.15, 0.2) is 58.2 Å². The zero-order valence-electron chi connectivity index (χ0n) is 16.6. The highest BCUT2D eigenvalue weighted by molar-refractivity contribution is 7.90. The lowest BCUT2D eigenvalue weighted by molar-refractivity contribution is 0.241. The predicted octanol–water partition coefficient (Wildman–Crippen LogP) is 3.73. The van der Waals surface area contributed by atoms with E-state index in [1.165, 1.54) is 18.2 Å². The molecule has 0 unspecified atom stereocenters. The van der Waals surface area contributed by atoms with Crippen molar-refractivity contribution >= 4 is 9.84 Å². The second-order valence-electron chi connectivity index (χ2n) is 6.94. The van der Waals surface area contributed by atoms with Gasteiger partial charge >= 0.3 is 0 Å². The third kappa shape index (κ3) is 5.45. The number of sulfone groups is 1. The van der Waals surface area contributed by atoms with Crippen LogP contribution in [0.1, 0.15) is 19.5 Å². The Labute approximate surface area is 169 Å². The maximum Gasteiger partial charge on any atom is 0.251 e. The largest absolute Gasteiger partial charge is 0.491 e. The van der Waals surface area contributed by atoms with Gasteiger partial charge in [-0.1, -0.05) is 0 Å². The quantitative estimate of drug-likeness (QED) is 0.660. The summed E-state index contributed by atoms with van der Waals surface area (Å²) in [5, 5.41) is 0. The van der Waals surface area contributed by atoms with Crippen LogP contribution in [0.2, 0.25) is 0 Å². The second-order valence-corrected chi connectivity index (χ2v) is 8.96. The van der Waals surface area contributed by atoms with Gasteiger partial charge in [0.25, 0.3) is 5.56 Å². The number of aryl methyl sites for hydroxylation is 1. The van der Waals surface area contributed by atoms with Crippen molar-refractivity contribution in [3.63, 3.8) is 0 Å². The monoisotopic (exact) mass is 414 g/mol. The molecule has 0 saturated carbocycles. The Bertz CT molecular complexity index is 1180. The van der Waals surface area contributed by atoms with Gasteiger partial charge in [0.15, 0.2) is 9.84 Å². The van der Waals surface area contributed by atoms with Gasteiger partial charge in [0.05, 0.1) is 11.0 Å². The van der Waals surface area contributed by atoms with Crippen molar-refractivity contribution < 1.29 is 17.9 Å². The Morgan fingerprint density at radius 2 is 1.62 bits per heavy atom. The average Bonchev–Trinajstić information content (AvgIpc) is 2.60. The third-order valence-electron chi connectivity index (χ3n) is 3.88. The highest BCUT2D eigenvalue weighted by Gasteiger charge is 2.11. The molecule has 152 valence electrons. The van der Waals surface area contributed by atoms with Gasteiger partial charge in [-0.2, -0.15) is 0 Å². The molecule has 7 nitrogen and oxygen atoms in total. The zero-order chi connectivity index (χ0) is 21.2. The molecule has 0 aliphatic carbocycles. The SMILES string of the molecule is Cc1cc(=O)[nH]c(-c2cc(Oc3ccc(S(C)(=O)=O)cc3)cc(OC(C)C)c2)n1. The topological polar surface area (TPSA) is 98.4 Å². The first-order valence-corrected chi connectivity index (χ1v) is 10.9. The fourth-order valence-electron chi connectivity index (χ4n) is 2.71. The molecule has 0 saturated heterocycles. The summed E-state index contributed by atoms with van der Waals surface area (Å²) in [6, 6.07) is 12.8. The van der Waals surface area contributed by atoms with Crippen molar-refractivity contribution in [3.8, 4) is 28.6 Å². The molecular formula is C21H22N2O5S. The van der Waals surface area contributed by atoms with E-state index >= 15 is 0 Å². The minimum absolute atomic E-state index is 0.0586. The molecule has 0 radical (unpaired) electrons. The predicted molar refractivity (Wildman–Crippen MR) is 110 cm³/mol. The Morgan fingerprint density at radius 3 is 2.21 bits per heavy atom. The van der Waals surface area contributed by atoms with E-state index in [0.29, 0.717) is 34.3 Å². The van der Waals surface area contributed by atoms with Crippen molar-refractivity contribution in [1.82, 2.24) is 9.97 Å². The summed E-state index contributed by atoms with van der Waals surface area (Å²) in [7, 11) is -3.28. The molecule has 0 bridgehead atoms. The molecule has 8 heteroatoms. The molecular weight excluding hydrogens is 392 g/mol. The van der Waals surface area contributed by atoms with Gasteiger partial charge in [-0.15, -0.1) is 0 Å². The maximum absolute atomic E-state index is 11.8. The number of aromatic amines is 1. The second kappa shape index (κ2) is 8.08. The van der Waals surface area contributed by atoms with Gasteiger partial charge < -0.3 is 14.5 Å². The first-order chi connectivity index (χ1) is 13.6. The van der Waals surface area contributed by atoms with Gasteiger partial charge in [-0.05, 0) is 57.2 Å². The van der Waals surface area contributed by atoms with Crippen LogP contribution in [0.4, 0.5) is 0 Å². The number of H-pyrrole nitrogens is 1. The van der Waals surface area contributed by atoms with Crippen LogP contribution < -0.4 is 15.0 Å². The summed E-state index contributed by atoms with van der Waals surface area (Å²) in [6.07, 6.45) is 1.09. The molecule has 0 atom stereocenters. The number of hydrogen-bond donors (Lipinski definition) is 1. The summed E-state index contributed by atoms with van der Waals surface area (Å²) < 4.78 is 34.9. The van der Waals surface area contributed by atoms with Crippen LogP contribution >= 0.6 is 0 Å². The van der Waals surface area contributed by atoms with Gasteiger partial charge in [0.1, 0.15) is 23.1 Å². The minimum Gasteiger partial charge on any atom is -0.491 e. The molecule has 0 fully saturated rings. The number of nitrogens with zero attached hydrogens (tertiary/aromatic N) is 1. The van der Waals surface area contributed by atoms with Crippen LogP contribution in [0, 0.1) is 6.92 Å². The Morgan fingerprint density at radius 1 is 0.966 bits per heavy atom. The van der Waals surface area contributed by atoms with Gasteiger partial charge in [0.2, 0.25) is 0 Å². The molecule has 0 amide bonds. The van der Waals surface area contributed by atoms with Crippen molar-refractivity contribution in [3.05, 3.63) is 64.6 Å².